The molecule has 0 spiro atoms. The molecule has 0 saturated carbocycles. The Morgan fingerprint density at radius 3 is 2.52 bits per heavy atom. The molecule has 1 aromatic heterocycles. The number of halogens is 1. The van der Waals surface area contributed by atoms with E-state index < -0.39 is 23.5 Å². The molecule has 0 unspecified atom stereocenters. The molecular formula is C23H28FN5O4. The number of para-hydroxylation sites is 1. The molecule has 0 bridgehead atoms. The third-order valence-corrected chi connectivity index (χ3v) is 5.30. The molecule has 3 N–H and O–H groups in total. The van der Waals surface area contributed by atoms with E-state index in [1.165, 1.54) is 30.0 Å². The standard InChI is InChI=1S/C23H28FN5O4/c1-23(2,3)33-22(31)27-15-8-10-28(11-9-15)19-16(24)6-5-7-17(19)29-13-14(12-25)18(26)20(29)21(30)32-4/h5-7,13,15H,8-11,26H2,1-4H3,(H,27,31). The molecule has 0 radical (unpaired) electrons. The number of carbonyl (C=O) groups is 2. The number of nitrogens with one attached hydrogen (secondary N) is 1. The van der Waals surface area contributed by atoms with E-state index in [1.807, 2.05) is 11.0 Å². The summed E-state index contributed by atoms with van der Waals surface area (Å²) in [5, 5.41) is 12.2. The van der Waals surface area contributed by atoms with Crippen LogP contribution in [-0.2, 0) is 9.47 Å². The topological polar surface area (TPSA) is 123 Å². The van der Waals surface area contributed by atoms with Crippen molar-refractivity contribution in [1.82, 2.24) is 9.88 Å². The van der Waals surface area contributed by atoms with E-state index in [0.29, 0.717) is 31.6 Å². The van der Waals surface area contributed by atoms with Gasteiger partial charge in [0.1, 0.15) is 17.5 Å². The smallest absolute Gasteiger partial charge is 0.407 e. The zero-order valence-electron chi connectivity index (χ0n) is 19.1. The summed E-state index contributed by atoms with van der Waals surface area (Å²) >= 11 is 0. The van der Waals surface area contributed by atoms with Crippen LogP contribution in [-0.4, -0.2) is 48.5 Å². The summed E-state index contributed by atoms with van der Waals surface area (Å²) in [4.78, 5) is 26.3. The van der Waals surface area contributed by atoms with Crippen molar-refractivity contribution in [2.75, 3.05) is 30.8 Å². The van der Waals surface area contributed by atoms with Gasteiger partial charge in [0, 0.05) is 25.3 Å². The summed E-state index contributed by atoms with van der Waals surface area (Å²) in [6.45, 7) is 6.31. The minimum Gasteiger partial charge on any atom is -0.464 e. The van der Waals surface area contributed by atoms with Gasteiger partial charge in [0.25, 0.3) is 0 Å². The van der Waals surface area contributed by atoms with Crippen molar-refractivity contribution in [3.8, 4) is 11.8 Å². The molecule has 2 aromatic rings. The second-order valence-electron chi connectivity index (χ2n) is 8.79. The molecule has 0 atom stereocenters. The van der Waals surface area contributed by atoms with Crippen molar-refractivity contribution in [2.24, 2.45) is 0 Å². The molecule has 33 heavy (non-hydrogen) atoms. The van der Waals surface area contributed by atoms with Gasteiger partial charge in [-0.2, -0.15) is 5.26 Å². The van der Waals surface area contributed by atoms with E-state index in [-0.39, 0.29) is 28.7 Å². The molecule has 1 fully saturated rings. The van der Waals surface area contributed by atoms with Crippen molar-refractivity contribution in [3.63, 3.8) is 0 Å². The maximum absolute atomic E-state index is 15.1. The number of anilines is 2. The average Bonchev–Trinajstić information content (AvgIpc) is 3.08. The Bertz CT molecular complexity index is 1090. The van der Waals surface area contributed by atoms with Crippen molar-refractivity contribution in [3.05, 3.63) is 41.5 Å². The van der Waals surface area contributed by atoms with Gasteiger partial charge in [0.05, 0.1) is 29.7 Å². The van der Waals surface area contributed by atoms with Crippen LogP contribution in [0.5, 0.6) is 0 Å². The Balaban J connectivity index is 1.88. The van der Waals surface area contributed by atoms with E-state index >= 15 is 4.39 Å². The molecule has 9 nitrogen and oxygen atoms in total. The third-order valence-electron chi connectivity index (χ3n) is 5.30. The number of aromatic nitrogens is 1. The molecule has 10 heteroatoms. The number of nitriles is 1. The van der Waals surface area contributed by atoms with Crippen LogP contribution in [0.4, 0.5) is 20.6 Å². The Kier molecular flexibility index (Phi) is 6.81. The zero-order valence-corrected chi connectivity index (χ0v) is 19.1. The van der Waals surface area contributed by atoms with Crippen LogP contribution in [0, 0.1) is 17.1 Å². The molecule has 1 saturated heterocycles. The lowest BCUT2D eigenvalue weighted by Crippen LogP contribution is -2.46. The first kappa shape index (κ1) is 23.9. The number of nitrogen functional groups attached to an aromatic ring is 1. The summed E-state index contributed by atoms with van der Waals surface area (Å²) < 4.78 is 26.6. The van der Waals surface area contributed by atoms with Gasteiger partial charge in [0.15, 0.2) is 5.69 Å². The number of hydrogen-bond acceptors (Lipinski definition) is 7. The van der Waals surface area contributed by atoms with E-state index in [2.05, 4.69) is 5.32 Å². The summed E-state index contributed by atoms with van der Waals surface area (Å²) in [5.74, 6) is -1.21. The van der Waals surface area contributed by atoms with Crippen LogP contribution in [0.3, 0.4) is 0 Å². The Morgan fingerprint density at radius 1 is 1.27 bits per heavy atom. The van der Waals surface area contributed by atoms with Gasteiger partial charge in [-0.05, 0) is 45.7 Å². The Morgan fingerprint density at radius 2 is 1.94 bits per heavy atom. The number of nitrogens with two attached hydrogens (primary N) is 1. The highest BCUT2D eigenvalue weighted by Gasteiger charge is 2.29. The van der Waals surface area contributed by atoms with E-state index in [0.717, 1.165) is 0 Å². The van der Waals surface area contributed by atoms with Crippen LogP contribution < -0.4 is 16.0 Å². The largest absolute Gasteiger partial charge is 0.464 e. The number of esters is 1. The highest BCUT2D eigenvalue weighted by Crippen LogP contribution is 2.34. The second-order valence-corrected chi connectivity index (χ2v) is 8.79. The van der Waals surface area contributed by atoms with E-state index in [1.54, 1.807) is 26.8 Å². The van der Waals surface area contributed by atoms with Crippen molar-refractivity contribution in [1.29, 1.82) is 5.26 Å². The van der Waals surface area contributed by atoms with Crippen molar-refractivity contribution in [2.45, 2.75) is 45.3 Å². The summed E-state index contributed by atoms with van der Waals surface area (Å²) in [5.41, 5.74) is 6.07. The lowest BCUT2D eigenvalue weighted by atomic mass is 10.0. The van der Waals surface area contributed by atoms with Gasteiger partial charge in [-0.15, -0.1) is 0 Å². The Labute approximate surface area is 191 Å². The summed E-state index contributed by atoms with van der Waals surface area (Å²) in [7, 11) is 1.21. The lowest BCUT2D eigenvalue weighted by Gasteiger charge is -2.35. The van der Waals surface area contributed by atoms with Gasteiger partial charge >= 0.3 is 12.1 Å². The number of hydrogen-bond donors (Lipinski definition) is 2. The predicted octanol–water partition coefficient (Wildman–Crippen LogP) is 3.35. The molecule has 0 aliphatic carbocycles. The Hall–Kier alpha value is -3.74. The first-order chi connectivity index (χ1) is 15.6. The highest BCUT2D eigenvalue weighted by molar-refractivity contribution is 5.96. The summed E-state index contributed by atoms with van der Waals surface area (Å²) in [6, 6.07) is 6.34. The minimum atomic E-state index is -0.732. The highest BCUT2D eigenvalue weighted by atomic mass is 19.1. The molecule has 1 amide bonds. The maximum atomic E-state index is 15.1. The molecule has 3 rings (SSSR count). The predicted molar refractivity (Wildman–Crippen MR) is 121 cm³/mol. The van der Waals surface area contributed by atoms with E-state index in [4.69, 9.17) is 15.2 Å². The normalized spacial score (nSPS) is 14.5. The zero-order chi connectivity index (χ0) is 24.3. The second kappa shape index (κ2) is 9.40. The number of amides is 1. The number of piperidine rings is 1. The SMILES string of the molecule is COC(=O)c1c(N)c(C#N)cn1-c1cccc(F)c1N1CCC(NC(=O)OC(C)(C)C)CC1. The first-order valence-corrected chi connectivity index (χ1v) is 10.6. The number of methoxy groups -OCH3 is 1. The number of alkyl carbamates (subject to hydrolysis) is 1. The number of rotatable bonds is 4. The van der Waals surface area contributed by atoms with Crippen molar-refractivity contribution >= 4 is 23.4 Å². The van der Waals surface area contributed by atoms with Crippen LogP contribution in [0.15, 0.2) is 24.4 Å². The minimum absolute atomic E-state index is 0.0279. The average molecular weight is 458 g/mol. The van der Waals surface area contributed by atoms with Crippen LogP contribution >= 0.6 is 0 Å². The fourth-order valence-electron chi connectivity index (χ4n) is 3.84. The fourth-order valence-corrected chi connectivity index (χ4v) is 3.84. The lowest BCUT2D eigenvalue weighted by molar-refractivity contribution is 0.0496. The number of nitrogens with zero attached hydrogens (tertiary/aromatic N) is 3. The molecular weight excluding hydrogens is 429 g/mol. The van der Waals surface area contributed by atoms with Crippen LogP contribution in [0.2, 0.25) is 0 Å². The quantitative estimate of drug-likeness (QED) is 0.675. The molecule has 1 aliphatic heterocycles. The van der Waals surface area contributed by atoms with E-state index in [9.17, 15) is 14.9 Å². The monoisotopic (exact) mass is 457 g/mol. The number of ether oxygens (including phenoxy) is 2. The molecule has 1 aromatic carbocycles. The molecule has 2 heterocycles. The van der Waals surface area contributed by atoms with Crippen LogP contribution in [0.25, 0.3) is 5.69 Å². The maximum Gasteiger partial charge on any atom is 0.407 e. The van der Waals surface area contributed by atoms with Gasteiger partial charge < -0.3 is 30.0 Å². The number of carbonyl (C=O) groups excluding carboxylic acids is 2. The molecule has 1 aliphatic rings. The first-order valence-electron chi connectivity index (χ1n) is 10.6. The summed E-state index contributed by atoms with van der Waals surface area (Å²) in [6.07, 6.45) is 2.07. The fraction of sp³-hybridized carbons (Fsp3) is 0.435. The van der Waals surface area contributed by atoms with Gasteiger partial charge in [0.2, 0.25) is 0 Å². The van der Waals surface area contributed by atoms with Crippen molar-refractivity contribution < 1.29 is 23.5 Å². The number of benzene rings is 1. The van der Waals surface area contributed by atoms with Crippen LogP contribution in [0.1, 0.15) is 49.7 Å². The molecule has 176 valence electrons. The van der Waals surface area contributed by atoms with Gasteiger partial charge in [-0.1, -0.05) is 6.07 Å². The third kappa shape index (κ3) is 5.19. The van der Waals surface area contributed by atoms with Gasteiger partial charge in [-0.3, -0.25) is 0 Å². The van der Waals surface area contributed by atoms with Gasteiger partial charge in [-0.25, -0.2) is 14.0 Å².